The Morgan fingerprint density at radius 2 is 1.91 bits per heavy atom. The van der Waals surface area contributed by atoms with Gasteiger partial charge in [-0.1, -0.05) is 35.9 Å². The average molecular weight is 146 g/mol. The molecule has 11 heavy (non-hydrogen) atoms. The Labute approximate surface area is 68.6 Å². The van der Waals surface area contributed by atoms with E-state index >= 15 is 0 Å². The predicted octanol–water partition coefficient (Wildman–Crippen LogP) is 3.34. The van der Waals surface area contributed by atoms with Crippen LogP contribution in [0.5, 0.6) is 0 Å². The number of benzene rings is 1. The van der Waals surface area contributed by atoms with Crippen LogP contribution in [0.25, 0.3) is 6.08 Å². The quantitative estimate of drug-likeness (QED) is 0.570. The third-order valence-electron chi connectivity index (χ3n) is 1.77. The largest absolute Gasteiger partial charge is 0.0871 e. The summed E-state index contributed by atoms with van der Waals surface area (Å²) in [5.41, 5.74) is 4.00. The zero-order valence-corrected chi connectivity index (χ0v) is 7.39. The SMILES string of the molecule is CC=Cc1ccc(C)cc1C. The Balaban J connectivity index is 3.09. The highest BCUT2D eigenvalue weighted by Gasteiger charge is 1.91. The molecule has 0 nitrogen and oxygen atoms in total. The summed E-state index contributed by atoms with van der Waals surface area (Å²) in [6.45, 7) is 6.30. The van der Waals surface area contributed by atoms with Gasteiger partial charge in [-0.05, 0) is 31.9 Å². The van der Waals surface area contributed by atoms with Crippen LogP contribution in [0.15, 0.2) is 24.3 Å². The van der Waals surface area contributed by atoms with Crippen LogP contribution in [0, 0.1) is 13.8 Å². The summed E-state index contributed by atoms with van der Waals surface area (Å²) in [4.78, 5) is 0. The van der Waals surface area contributed by atoms with Crippen LogP contribution < -0.4 is 0 Å². The van der Waals surface area contributed by atoms with Crippen LogP contribution >= 0.6 is 0 Å². The first kappa shape index (κ1) is 8.06. The summed E-state index contributed by atoms with van der Waals surface area (Å²) < 4.78 is 0. The van der Waals surface area contributed by atoms with Gasteiger partial charge in [-0.25, -0.2) is 0 Å². The predicted molar refractivity (Wildman–Crippen MR) is 50.6 cm³/mol. The van der Waals surface area contributed by atoms with E-state index in [9.17, 15) is 0 Å². The van der Waals surface area contributed by atoms with Crippen molar-refractivity contribution in [2.24, 2.45) is 0 Å². The molecule has 1 rings (SSSR count). The van der Waals surface area contributed by atoms with Gasteiger partial charge in [-0.3, -0.25) is 0 Å². The second-order valence-electron chi connectivity index (χ2n) is 2.86. The molecule has 0 heterocycles. The molecule has 0 atom stereocenters. The standard InChI is InChI=1S/C11H14/c1-4-5-11-7-6-9(2)8-10(11)3/h4-8H,1-3H3. The summed E-state index contributed by atoms with van der Waals surface area (Å²) in [6, 6.07) is 6.50. The zero-order chi connectivity index (χ0) is 8.27. The minimum absolute atomic E-state index is 1.32. The number of rotatable bonds is 1. The van der Waals surface area contributed by atoms with E-state index in [1.54, 1.807) is 0 Å². The molecule has 1 aromatic carbocycles. The Morgan fingerprint density at radius 1 is 1.18 bits per heavy atom. The second kappa shape index (κ2) is 3.38. The van der Waals surface area contributed by atoms with Crippen LogP contribution in [0.4, 0.5) is 0 Å². The molecule has 0 aromatic heterocycles. The molecular formula is C11H14. The molecule has 0 amide bonds. The van der Waals surface area contributed by atoms with Gasteiger partial charge in [0.2, 0.25) is 0 Å². The van der Waals surface area contributed by atoms with Gasteiger partial charge in [0, 0.05) is 0 Å². The second-order valence-corrected chi connectivity index (χ2v) is 2.86. The van der Waals surface area contributed by atoms with Crippen LogP contribution in [0.2, 0.25) is 0 Å². The highest BCUT2D eigenvalue weighted by atomic mass is 14.0. The van der Waals surface area contributed by atoms with E-state index < -0.39 is 0 Å². The Morgan fingerprint density at radius 3 is 2.45 bits per heavy atom. The molecule has 58 valence electrons. The molecular weight excluding hydrogens is 132 g/mol. The minimum atomic E-state index is 1.32. The van der Waals surface area contributed by atoms with Gasteiger partial charge in [-0.15, -0.1) is 0 Å². The highest BCUT2D eigenvalue weighted by Crippen LogP contribution is 2.11. The molecule has 0 N–H and O–H groups in total. The van der Waals surface area contributed by atoms with Crippen molar-refractivity contribution in [3.63, 3.8) is 0 Å². The summed E-state index contributed by atoms with van der Waals surface area (Å²) in [7, 11) is 0. The number of hydrogen-bond acceptors (Lipinski definition) is 0. The Bertz CT molecular complexity index is 269. The zero-order valence-electron chi connectivity index (χ0n) is 7.39. The fourth-order valence-electron chi connectivity index (χ4n) is 1.19. The van der Waals surface area contributed by atoms with Crippen molar-refractivity contribution in [3.05, 3.63) is 41.0 Å². The first-order valence-electron chi connectivity index (χ1n) is 3.94. The molecule has 0 spiro atoms. The molecule has 0 bridgehead atoms. The molecule has 0 heteroatoms. The van der Waals surface area contributed by atoms with E-state index in [0.29, 0.717) is 0 Å². The maximum atomic E-state index is 2.20. The third-order valence-corrected chi connectivity index (χ3v) is 1.77. The maximum absolute atomic E-state index is 2.20. The van der Waals surface area contributed by atoms with E-state index in [1.165, 1.54) is 16.7 Å². The van der Waals surface area contributed by atoms with Gasteiger partial charge in [0.25, 0.3) is 0 Å². The molecule has 0 saturated carbocycles. The van der Waals surface area contributed by atoms with Gasteiger partial charge >= 0.3 is 0 Å². The summed E-state index contributed by atoms with van der Waals surface area (Å²) in [5.74, 6) is 0. The van der Waals surface area contributed by atoms with Crippen molar-refractivity contribution in [1.29, 1.82) is 0 Å². The van der Waals surface area contributed by atoms with Crippen LogP contribution in [0.1, 0.15) is 23.6 Å². The molecule has 0 aliphatic carbocycles. The average Bonchev–Trinajstić information content (AvgIpc) is 1.95. The molecule has 0 unspecified atom stereocenters. The van der Waals surface area contributed by atoms with E-state index in [2.05, 4.69) is 44.2 Å². The topological polar surface area (TPSA) is 0 Å². The van der Waals surface area contributed by atoms with E-state index in [4.69, 9.17) is 0 Å². The Hall–Kier alpha value is -1.04. The summed E-state index contributed by atoms with van der Waals surface area (Å²) in [5, 5.41) is 0. The van der Waals surface area contributed by atoms with Gasteiger partial charge in [0.1, 0.15) is 0 Å². The molecule has 0 fully saturated rings. The van der Waals surface area contributed by atoms with Crippen molar-refractivity contribution in [2.45, 2.75) is 20.8 Å². The minimum Gasteiger partial charge on any atom is -0.0871 e. The van der Waals surface area contributed by atoms with Crippen molar-refractivity contribution in [3.8, 4) is 0 Å². The molecule has 1 aromatic rings. The normalized spacial score (nSPS) is 10.8. The van der Waals surface area contributed by atoms with E-state index in [0.717, 1.165) is 0 Å². The fraction of sp³-hybridized carbons (Fsp3) is 0.273. The third kappa shape index (κ3) is 1.94. The van der Waals surface area contributed by atoms with Gasteiger partial charge in [0.15, 0.2) is 0 Å². The summed E-state index contributed by atoms with van der Waals surface area (Å²) >= 11 is 0. The molecule has 0 aliphatic heterocycles. The Kier molecular flexibility index (Phi) is 2.48. The van der Waals surface area contributed by atoms with Crippen molar-refractivity contribution >= 4 is 6.08 Å². The smallest absolute Gasteiger partial charge is 0.0230 e. The monoisotopic (exact) mass is 146 g/mol. The lowest BCUT2D eigenvalue weighted by Crippen LogP contribution is -1.80. The molecule has 0 radical (unpaired) electrons. The van der Waals surface area contributed by atoms with Crippen molar-refractivity contribution < 1.29 is 0 Å². The highest BCUT2D eigenvalue weighted by molar-refractivity contribution is 5.53. The van der Waals surface area contributed by atoms with Crippen LogP contribution in [0.3, 0.4) is 0 Å². The number of aryl methyl sites for hydroxylation is 2. The molecule has 0 saturated heterocycles. The number of allylic oxidation sites excluding steroid dienone is 1. The van der Waals surface area contributed by atoms with Crippen LogP contribution in [-0.4, -0.2) is 0 Å². The number of hydrogen-bond donors (Lipinski definition) is 0. The summed E-state index contributed by atoms with van der Waals surface area (Å²) in [6.07, 6.45) is 4.20. The maximum Gasteiger partial charge on any atom is -0.0230 e. The fourth-order valence-corrected chi connectivity index (χ4v) is 1.19. The van der Waals surface area contributed by atoms with Crippen molar-refractivity contribution in [2.75, 3.05) is 0 Å². The van der Waals surface area contributed by atoms with Crippen LogP contribution in [-0.2, 0) is 0 Å². The lowest BCUT2D eigenvalue weighted by Gasteiger charge is -2.00. The lowest BCUT2D eigenvalue weighted by molar-refractivity contribution is 1.37. The first-order chi connectivity index (χ1) is 5.24. The first-order valence-corrected chi connectivity index (χ1v) is 3.94. The van der Waals surface area contributed by atoms with Gasteiger partial charge < -0.3 is 0 Å². The van der Waals surface area contributed by atoms with Gasteiger partial charge in [0.05, 0.1) is 0 Å². The molecule has 0 aliphatic rings. The van der Waals surface area contributed by atoms with Crippen molar-refractivity contribution in [1.82, 2.24) is 0 Å². The van der Waals surface area contributed by atoms with E-state index in [-0.39, 0.29) is 0 Å². The lowest BCUT2D eigenvalue weighted by atomic mass is 10.1. The van der Waals surface area contributed by atoms with E-state index in [1.807, 2.05) is 6.92 Å². The van der Waals surface area contributed by atoms with Gasteiger partial charge in [-0.2, -0.15) is 0 Å².